The summed E-state index contributed by atoms with van der Waals surface area (Å²) in [5.41, 5.74) is -0.109. The molecule has 82 valence electrons. The van der Waals surface area contributed by atoms with Crippen molar-refractivity contribution in [2.24, 2.45) is 0 Å². The molecule has 0 radical (unpaired) electrons. The quantitative estimate of drug-likeness (QED) is 0.347. The minimum Gasteiger partial charge on any atom is -0.623 e. The van der Waals surface area contributed by atoms with Gasteiger partial charge in [0.1, 0.15) is 5.75 Å². The predicted molar refractivity (Wildman–Crippen MR) is 61.7 cm³/mol. The van der Waals surface area contributed by atoms with Crippen molar-refractivity contribution in [1.29, 1.82) is 0 Å². The van der Waals surface area contributed by atoms with Gasteiger partial charge in [0.2, 0.25) is 0 Å². The molecule has 0 aliphatic heterocycles. The van der Waals surface area contributed by atoms with Gasteiger partial charge in [0, 0.05) is 25.8 Å². The average molecular weight is 228 g/mol. The zero-order chi connectivity index (χ0) is 11.6. The van der Waals surface area contributed by atoms with Crippen LogP contribution in [0.5, 0.6) is 5.75 Å². The van der Waals surface area contributed by atoms with Gasteiger partial charge in [0.25, 0.3) is 0 Å². The van der Waals surface area contributed by atoms with Gasteiger partial charge >= 0.3 is 0 Å². The highest BCUT2D eigenvalue weighted by atomic mass is 35.5. The Morgan fingerprint density at radius 1 is 1.40 bits per heavy atom. The highest BCUT2D eigenvalue weighted by molar-refractivity contribution is 6.30. The van der Waals surface area contributed by atoms with E-state index in [2.05, 4.69) is 0 Å². The summed E-state index contributed by atoms with van der Waals surface area (Å²) in [7, 11) is 0. The van der Waals surface area contributed by atoms with Crippen molar-refractivity contribution in [2.75, 3.05) is 0 Å². The summed E-state index contributed by atoms with van der Waals surface area (Å²) in [5.74, 6) is 0.0458. The number of hydrogen-bond acceptors (Lipinski definition) is 2. The van der Waals surface area contributed by atoms with Gasteiger partial charge in [-0.3, -0.25) is 0 Å². The fourth-order valence-electron chi connectivity index (χ4n) is 0.949. The van der Waals surface area contributed by atoms with Crippen molar-refractivity contribution in [3.63, 3.8) is 0 Å². The normalized spacial score (nSPS) is 12.9. The Hall–Kier alpha value is -1.22. The highest BCUT2D eigenvalue weighted by Crippen LogP contribution is 2.20. The lowest BCUT2D eigenvalue weighted by Gasteiger charge is -2.18. The number of nitrogens with zero attached hydrogens (tertiary/aromatic N) is 1. The van der Waals surface area contributed by atoms with Crippen LogP contribution in [0.3, 0.4) is 0 Å². The number of aromatic hydroxyl groups is 1. The molecule has 0 saturated carbocycles. The number of hydrogen-bond donors (Lipinski definition) is 1. The Kier molecular flexibility index (Phi) is 3.25. The molecule has 0 bridgehead atoms. The van der Waals surface area contributed by atoms with Crippen LogP contribution in [-0.4, -0.2) is 21.6 Å². The number of phenolic OH excluding ortho intramolecular Hbond substituents is 1. The molecule has 1 rings (SSSR count). The maximum atomic E-state index is 11.6. The maximum absolute atomic E-state index is 11.6. The molecule has 0 saturated heterocycles. The maximum Gasteiger partial charge on any atom is 0.186 e. The standard InChI is InChI=1S/C11H14ClNO2/c1-11(2,3)13(15)7-8-6-9(12)4-5-10(8)14/h4-7,14H,1-3H3. The summed E-state index contributed by atoms with van der Waals surface area (Å²) in [6, 6.07) is 4.58. The van der Waals surface area contributed by atoms with Gasteiger partial charge in [-0.1, -0.05) is 11.6 Å². The third kappa shape index (κ3) is 3.13. The second kappa shape index (κ2) is 4.11. The number of rotatable bonds is 1. The van der Waals surface area contributed by atoms with Crippen LogP contribution in [0.2, 0.25) is 5.02 Å². The van der Waals surface area contributed by atoms with Crippen LogP contribution in [0.1, 0.15) is 26.3 Å². The molecule has 0 amide bonds. The van der Waals surface area contributed by atoms with E-state index >= 15 is 0 Å². The monoisotopic (exact) mass is 227 g/mol. The smallest absolute Gasteiger partial charge is 0.186 e. The Balaban J connectivity index is 3.13. The van der Waals surface area contributed by atoms with Crippen LogP contribution in [0.15, 0.2) is 18.2 Å². The lowest BCUT2D eigenvalue weighted by molar-refractivity contribution is -0.530. The molecule has 15 heavy (non-hydrogen) atoms. The van der Waals surface area contributed by atoms with Gasteiger partial charge in [-0.15, -0.1) is 0 Å². The second-order valence-corrected chi connectivity index (χ2v) is 4.77. The Morgan fingerprint density at radius 2 is 2.00 bits per heavy atom. The number of halogens is 1. The number of phenols is 1. The Bertz CT molecular complexity index is 394. The van der Waals surface area contributed by atoms with E-state index in [1.54, 1.807) is 32.9 Å². The topological polar surface area (TPSA) is 46.3 Å². The first-order valence-corrected chi connectivity index (χ1v) is 4.98. The molecular formula is C11H14ClNO2. The molecule has 1 aromatic rings. The summed E-state index contributed by atoms with van der Waals surface area (Å²) < 4.78 is 0.790. The van der Waals surface area contributed by atoms with Crippen molar-refractivity contribution in [2.45, 2.75) is 26.3 Å². The zero-order valence-electron chi connectivity index (χ0n) is 8.99. The molecule has 0 aliphatic rings. The largest absolute Gasteiger partial charge is 0.623 e. The van der Waals surface area contributed by atoms with Crippen LogP contribution >= 0.6 is 11.6 Å². The summed E-state index contributed by atoms with van der Waals surface area (Å²) in [6.45, 7) is 5.37. The molecular weight excluding hydrogens is 214 g/mol. The van der Waals surface area contributed by atoms with E-state index in [1.165, 1.54) is 12.3 Å². The first-order chi connectivity index (χ1) is 6.80. The van der Waals surface area contributed by atoms with Crippen molar-refractivity contribution >= 4 is 17.8 Å². The minimum atomic E-state index is -0.533. The summed E-state index contributed by atoms with van der Waals surface area (Å²) in [4.78, 5) is 0. The lowest BCUT2D eigenvalue weighted by atomic mass is 10.1. The van der Waals surface area contributed by atoms with Gasteiger partial charge < -0.3 is 10.3 Å². The number of benzene rings is 1. The average Bonchev–Trinajstić information content (AvgIpc) is 2.09. The summed E-state index contributed by atoms with van der Waals surface area (Å²) in [6.07, 6.45) is 1.33. The number of hydroxylamine groups is 1. The minimum absolute atomic E-state index is 0.0458. The van der Waals surface area contributed by atoms with Gasteiger partial charge in [0.15, 0.2) is 11.8 Å². The summed E-state index contributed by atoms with van der Waals surface area (Å²) in [5, 5.41) is 21.6. The molecule has 1 N–H and O–H groups in total. The van der Waals surface area contributed by atoms with E-state index in [4.69, 9.17) is 11.6 Å². The molecule has 0 fully saturated rings. The van der Waals surface area contributed by atoms with Gasteiger partial charge in [-0.05, 0) is 18.2 Å². The van der Waals surface area contributed by atoms with E-state index in [9.17, 15) is 10.3 Å². The van der Waals surface area contributed by atoms with Crippen LogP contribution in [0.25, 0.3) is 0 Å². The fourth-order valence-corrected chi connectivity index (χ4v) is 1.13. The van der Waals surface area contributed by atoms with Gasteiger partial charge in [-0.2, -0.15) is 0 Å². The molecule has 3 nitrogen and oxygen atoms in total. The first-order valence-electron chi connectivity index (χ1n) is 4.60. The van der Waals surface area contributed by atoms with Crippen molar-refractivity contribution < 1.29 is 9.85 Å². The SMILES string of the molecule is CC(C)(C)[N+]([O-])=Cc1cc(Cl)ccc1O. The molecule has 0 unspecified atom stereocenters. The van der Waals surface area contributed by atoms with E-state index in [0.29, 0.717) is 10.6 Å². The van der Waals surface area contributed by atoms with Crippen LogP contribution in [0, 0.1) is 5.21 Å². The van der Waals surface area contributed by atoms with Crippen molar-refractivity contribution in [1.82, 2.24) is 0 Å². The van der Waals surface area contributed by atoms with E-state index < -0.39 is 5.54 Å². The van der Waals surface area contributed by atoms with Crippen LogP contribution in [-0.2, 0) is 0 Å². The van der Waals surface area contributed by atoms with Crippen LogP contribution < -0.4 is 0 Å². The third-order valence-electron chi connectivity index (χ3n) is 1.91. The Morgan fingerprint density at radius 3 is 2.53 bits per heavy atom. The Labute approximate surface area is 94.2 Å². The van der Waals surface area contributed by atoms with Crippen molar-refractivity contribution in [3.8, 4) is 5.75 Å². The van der Waals surface area contributed by atoms with Gasteiger partial charge in [0.05, 0.1) is 5.56 Å². The second-order valence-electron chi connectivity index (χ2n) is 4.33. The predicted octanol–water partition coefficient (Wildman–Crippen LogP) is 2.77. The molecule has 4 heteroatoms. The molecule has 0 aromatic heterocycles. The molecule has 0 heterocycles. The fraction of sp³-hybridized carbons (Fsp3) is 0.364. The van der Waals surface area contributed by atoms with Crippen molar-refractivity contribution in [3.05, 3.63) is 34.0 Å². The van der Waals surface area contributed by atoms with E-state index in [-0.39, 0.29) is 5.75 Å². The summed E-state index contributed by atoms with van der Waals surface area (Å²) >= 11 is 5.76. The molecule has 0 atom stereocenters. The molecule has 0 spiro atoms. The molecule has 1 aromatic carbocycles. The van der Waals surface area contributed by atoms with E-state index in [1.807, 2.05) is 0 Å². The van der Waals surface area contributed by atoms with Crippen LogP contribution in [0.4, 0.5) is 0 Å². The third-order valence-corrected chi connectivity index (χ3v) is 2.14. The molecule has 0 aliphatic carbocycles. The van der Waals surface area contributed by atoms with Gasteiger partial charge in [-0.25, -0.2) is 4.74 Å². The zero-order valence-corrected chi connectivity index (χ0v) is 9.75. The first kappa shape index (κ1) is 11.9. The van der Waals surface area contributed by atoms with E-state index in [0.717, 1.165) is 4.74 Å². The lowest BCUT2D eigenvalue weighted by Crippen LogP contribution is -2.29. The highest BCUT2D eigenvalue weighted by Gasteiger charge is 2.18.